The smallest absolute Gasteiger partial charge is 0.187 e. The summed E-state index contributed by atoms with van der Waals surface area (Å²) in [4.78, 5) is 4.61. The molecule has 3 aromatic rings. The Balaban J connectivity index is 2.00. The van der Waals surface area contributed by atoms with E-state index in [2.05, 4.69) is 27.4 Å². The summed E-state index contributed by atoms with van der Waals surface area (Å²) in [5, 5.41) is 12.9. The van der Waals surface area contributed by atoms with Crippen LogP contribution in [0.2, 0.25) is 5.02 Å². The van der Waals surface area contributed by atoms with Crippen LogP contribution in [0, 0.1) is 6.92 Å². The van der Waals surface area contributed by atoms with E-state index in [0.29, 0.717) is 16.6 Å². The van der Waals surface area contributed by atoms with Crippen LogP contribution in [0.5, 0.6) is 5.75 Å². The Morgan fingerprint density at radius 2 is 2.12 bits per heavy atom. The molecule has 0 fully saturated rings. The molecule has 1 aliphatic rings. The summed E-state index contributed by atoms with van der Waals surface area (Å²) in [7, 11) is 1.61. The summed E-state index contributed by atoms with van der Waals surface area (Å²) in [6.45, 7) is 4.82. The van der Waals surface area contributed by atoms with Gasteiger partial charge in [0.1, 0.15) is 17.3 Å². The van der Waals surface area contributed by atoms with Crippen molar-refractivity contribution in [3.05, 3.63) is 46.9 Å². The van der Waals surface area contributed by atoms with E-state index in [1.54, 1.807) is 7.11 Å². The summed E-state index contributed by atoms with van der Waals surface area (Å²) in [5.41, 5.74) is 3.55. The summed E-state index contributed by atoms with van der Waals surface area (Å²) >= 11 is 6.31. The number of rotatable bonds is 2. The molecule has 0 aliphatic carbocycles. The molecule has 0 spiro atoms. The molecular weight excluding hydrogens is 338 g/mol. The molecule has 1 atom stereocenters. The molecule has 0 amide bonds. The quantitative estimate of drug-likeness (QED) is 0.756. The second-order valence-electron chi connectivity index (χ2n) is 6.17. The van der Waals surface area contributed by atoms with E-state index in [-0.39, 0.29) is 5.92 Å². The number of hydrogen-bond acceptors (Lipinski definition) is 5. The average Bonchev–Trinajstić information content (AvgIpc) is 2.99. The lowest BCUT2D eigenvalue weighted by Gasteiger charge is -2.14. The van der Waals surface area contributed by atoms with Gasteiger partial charge in [0.05, 0.1) is 23.5 Å². The maximum absolute atomic E-state index is 6.31. The summed E-state index contributed by atoms with van der Waals surface area (Å²) in [5.74, 6) is 2.39. The van der Waals surface area contributed by atoms with Gasteiger partial charge >= 0.3 is 0 Å². The third-order valence-electron chi connectivity index (χ3n) is 4.36. The van der Waals surface area contributed by atoms with Gasteiger partial charge in [0.2, 0.25) is 0 Å². The second kappa shape index (κ2) is 6.04. The van der Waals surface area contributed by atoms with Gasteiger partial charge in [0.15, 0.2) is 5.82 Å². The highest BCUT2D eigenvalue weighted by Gasteiger charge is 2.26. The van der Waals surface area contributed by atoms with Crippen LogP contribution in [0.4, 0.5) is 5.69 Å². The van der Waals surface area contributed by atoms with Crippen molar-refractivity contribution >= 4 is 17.3 Å². The zero-order chi connectivity index (χ0) is 17.6. The van der Waals surface area contributed by atoms with E-state index >= 15 is 0 Å². The van der Waals surface area contributed by atoms with Crippen LogP contribution in [-0.2, 0) is 0 Å². The molecule has 7 heteroatoms. The van der Waals surface area contributed by atoms with Crippen molar-refractivity contribution in [3.8, 4) is 23.0 Å². The number of ether oxygens (including phenoxy) is 1. The van der Waals surface area contributed by atoms with Gasteiger partial charge in [0, 0.05) is 24.2 Å². The van der Waals surface area contributed by atoms with Crippen molar-refractivity contribution < 1.29 is 4.74 Å². The van der Waals surface area contributed by atoms with Crippen molar-refractivity contribution in [2.75, 3.05) is 19.0 Å². The number of halogens is 1. The van der Waals surface area contributed by atoms with Gasteiger partial charge in [-0.15, -0.1) is 10.2 Å². The zero-order valence-corrected chi connectivity index (χ0v) is 15.0. The summed E-state index contributed by atoms with van der Waals surface area (Å²) in [6, 6.07) is 9.67. The standard InChI is InChI=1S/C18H18ClN5O/c1-10-9-20-14-7-12(19)16(25-3)8-15(14)24-17(10)22-23-18(24)13-6-4-5-11(2)21-13/h4-8,10,20H,9H2,1-3H3/t10-/m0/s1. The molecule has 3 heterocycles. The molecule has 0 bridgehead atoms. The minimum atomic E-state index is 0.184. The lowest BCUT2D eigenvalue weighted by molar-refractivity contribution is 0.415. The third-order valence-corrected chi connectivity index (χ3v) is 4.65. The fourth-order valence-electron chi connectivity index (χ4n) is 3.07. The topological polar surface area (TPSA) is 64.9 Å². The monoisotopic (exact) mass is 355 g/mol. The van der Waals surface area contributed by atoms with Crippen LogP contribution < -0.4 is 10.1 Å². The fourth-order valence-corrected chi connectivity index (χ4v) is 3.31. The van der Waals surface area contributed by atoms with Crippen LogP contribution in [0.1, 0.15) is 24.4 Å². The Morgan fingerprint density at radius 1 is 1.28 bits per heavy atom. The highest BCUT2D eigenvalue weighted by Crippen LogP contribution is 2.38. The Kier molecular flexibility index (Phi) is 3.84. The first kappa shape index (κ1) is 15.9. The number of aryl methyl sites for hydroxylation is 1. The molecule has 0 radical (unpaired) electrons. The average molecular weight is 356 g/mol. The Morgan fingerprint density at radius 3 is 2.88 bits per heavy atom. The van der Waals surface area contributed by atoms with Crippen LogP contribution in [0.25, 0.3) is 17.2 Å². The minimum Gasteiger partial charge on any atom is -0.495 e. The molecule has 0 unspecified atom stereocenters. The fraction of sp³-hybridized carbons (Fsp3) is 0.278. The lowest BCUT2D eigenvalue weighted by atomic mass is 10.1. The van der Waals surface area contributed by atoms with E-state index in [1.165, 1.54) is 0 Å². The maximum Gasteiger partial charge on any atom is 0.187 e. The number of fused-ring (bicyclic) bond motifs is 3. The van der Waals surface area contributed by atoms with Crippen molar-refractivity contribution in [1.82, 2.24) is 19.7 Å². The van der Waals surface area contributed by atoms with Crippen LogP contribution in [0.15, 0.2) is 30.3 Å². The Hall–Kier alpha value is -2.60. The number of nitrogens with one attached hydrogen (secondary N) is 1. The highest BCUT2D eigenvalue weighted by molar-refractivity contribution is 6.32. The number of pyridine rings is 1. The Bertz CT molecular complexity index is 953. The van der Waals surface area contributed by atoms with Crippen LogP contribution >= 0.6 is 11.6 Å². The molecule has 2 aromatic heterocycles. The van der Waals surface area contributed by atoms with Gasteiger partial charge in [-0.2, -0.15) is 0 Å². The van der Waals surface area contributed by atoms with Gasteiger partial charge in [-0.3, -0.25) is 4.57 Å². The van der Waals surface area contributed by atoms with Gasteiger partial charge < -0.3 is 10.1 Å². The molecule has 1 aliphatic heterocycles. The van der Waals surface area contributed by atoms with E-state index in [1.807, 2.05) is 41.8 Å². The van der Waals surface area contributed by atoms with Crippen molar-refractivity contribution in [2.24, 2.45) is 0 Å². The normalized spacial score (nSPS) is 15.8. The minimum absolute atomic E-state index is 0.184. The second-order valence-corrected chi connectivity index (χ2v) is 6.57. The largest absolute Gasteiger partial charge is 0.495 e. The molecular formula is C18H18ClN5O. The number of methoxy groups -OCH3 is 1. The van der Waals surface area contributed by atoms with Crippen molar-refractivity contribution in [1.29, 1.82) is 0 Å². The van der Waals surface area contributed by atoms with Gasteiger partial charge in [0.25, 0.3) is 0 Å². The molecule has 4 rings (SSSR count). The predicted octanol–water partition coefficient (Wildman–Crippen LogP) is 3.83. The van der Waals surface area contributed by atoms with E-state index in [4.69, 9.17) is 16.3 Å². The number of anilines is 1. The van der Waals surface area contributed by atoms with E-state index in [0.717, 1.165) is 35.1 Å². The van der Waals surface area contributed by atoms with Gasteiger partial charge in [-0.1, -0.05) is 24.6 Å². The number of hydrogen-bond donors (Lipinski definition) is 1. The molecule has 0 saturated carbocycles. The number of benzene rings is 1. The molecule has 0 saturated heterocycles. The number of aromatic nitrogens is 4. The van der Waals surface area contributed by atoms with Gasteiger partial charge in [-0.05, 0) is 25.1 Å². The molecule has 1 aromatic carbocycles. The lowest BCUT2D eigenvalue weighted by Crippen LogP contribution is -2.09. The van der Waals surface area contributed by atoms with E-state index < -0.39 is 0 Å². The first-order valence-corrected chi connectivity index (χ1v) is 8.47. The summed E-state index contributed by atoms with van der Waals surface area (Å²) in [6.07, 6.45) is 0. The molecule has 6 nitrogen and oxygen atoms in total. The van der Waals surface area contributed by atoms with Crippen molar-refractivity contribution in [3.63, 3.8) is 0 Å². The first-order valence-electron chi connectivity index (χ1n) is 8.09. The summed E-state index contributed by atoms with van der Waals surface area (Å²) < 4.78 is 7.45. The number of nitrogens with zero attached hydrogens (tertiary/aromatic N) is 4. The zero-order valence-electron chi connectivity index (χ0n) is 14.2. The maximum atomic E-state index is 6.31. The highest BCUT2D eigenvalue weighted by atomic mass is 35.5. The van der Waals surface area contributed by atoms with Crippen LogP contribution in [-0.4, -0.2) is 33.4 Å². The Labute approximate surface area is 150 Å². The molecule has 25 heavy (non-hydrogen) atoms. The van der Waals surface area contributed by atoms with E-state index in [9.17, 15) is 0 Å². The molecule has 1 N–H and O–H groups in total. The predicted molar refractivity (Wildman–Crippen MR) is 97.8 cm³/mol. The van der Waals surface area contributed by atoms with Crippen LogP contribution in [0.3, 0.4) is 0 Å². The van der Waals surface area contributed by atoms with Gasteiger partial charge in [-0.25, -0.2) is 4.98 Å². The molecule has 128 valence electrons. The third kappa shape index (κ3) is 2.62. The SMILES string of the molecule is COc1cc2c(cc1Cl)NC[C@H](C)c1nnc(-c3cccc(C)n3)n1-2. The van der Waals surface area contributed by atoms with Crippen molar-refractivity contribution in [2.45, 2.75) is 19.8 Å². The first-order chi connectivity index (χ1) is 12.1.